The minimum absolute atomic E-state index is 0.0755. The van der Waals surface area contributed by atoms with Gasteiger partial charge in [-0.2, -0.15) is 4.31 Å². The molecule has 5 nitrogen and oxygen atoms in total. The third-order valence-corrected chi connectivity index (χ3v) is 5.57. The Morgan fingerprint density at radius 1 is 1.44 bits per heavy atom. The van der Waals surface area contributed by atoms with Crippen molar-refractivity contribution in [2.45, 2.75) is 37.8 Å². The molecular weight excluding hydrogens is 250 g/mol. The first-order chi connectivity index (χ1) is 8.36. The van der Waals surface area contributed by atoms with Gasteiger partial charge in [0.05, 0.1) is 0 Å². The average Bonchev–Trinajstić information content (AvgIpc) is 2.82. The predicted molar refractivity (Wildman–Crippen MR) is 70.4 cm³/mol. The molecule has 0 radical (unpaired) electrons. The van der Waals surface area contributed by atoms with Gasteiger partial charge in [0.2, 0.25) is 10.0 Å². The molecule has 18 heavy (non-hydrogen) atoms. The van der Waals surface area contributed by atoms with Crippen LogP contribution in [0.25, 0.3) is 0 Å². The van der Waals surface area contributed by atoms with E-state index in [2.05, 4.69) is 6.92 Å². The molecule has 0 aromatic carbocycles. The van der Waals surface area contributed by atoms with Gasteiger partial charge in [0, 0.05) is 38.1 Å². The largest absolute Gasteiger partial charge is 0.352 e. The van der Waals surface area contributed by atoms with Crippen molar-refractivity contribution >= 4 is 10.0 Å². The van der Waals surface area contributed by atoms with E-state index >= 15 is 0 Å². The second-order valence-electron chi connectivity index (χ2n) is 5.25. The maximum atomic E-state index is 12.5. The fraction of sp³-hybridized carbons (Fsp3) is 0.667. The Bertz CT molecular complexity index is 536. The minimum Gasteiger partial charge on any atom is -0.352 e. The summed E-state index contributed by atoms with van der Waals surface area (Å²) in [7, 11) is -1.56. The molecule has 1 aromatic rings. The topological polar surface area (TPSA) is 68.3 Å². The summed E-state index contributed by atoms with van der Waals surface area (Å²) in [5.41, 5.74) is 6.41. The molecule has 1 fully saturated rings. The van der Waals surface area contributed by atoms with E-state index in [0.717, 1.165) is 12.1 Å². The molecule has 2 atom stereocenters. The zero-order valence-corrected chi connectivity index (χ0v) is 11.9. The number of rotatable bonds is 3. The molecule has 2 unspecified atom stereocenters. The standard InChI is InChI=1S/C12H21N3O2S/c1-9-4-10(2)15(7-9)18(16,17)12-5-11(6-13)14(3)8-12/h5,8-10H,4,6-7,13H2,1-3H3. The molecule has 0 bridgehead atoms. The molecule has 0 spiro atoms. The first-order valence-electron chi connectivity index (χ1n) is 6.23. The molecule has 0 amide bonds. The van der Waals surface area contributed by atoms with E-state index < -0.39 is 10.0 Å². The Labute approximate surface area is 109 Å². The highest BCUT2D eigenvalue weighted by Gasteiger charge is 2.36. The molecule has 2 N–H and O–H groups in total. The second-order valence-corrected chi connectivity index (χ2v) is 7.14. The number of hydrogen-bond acceptors (Lipinski definition) is 3. The van der Waals surface area contributed by atoms with Gasteiger partial charge in [0.15, 0.2) is 0 Å². The molecule has 0 aliphatic carbocycles. The van der Waals surface area contributed by atoms with Crippen LogP contribution >= 0.6 is 0 Å². The summed E-state index contributed by atoms with van der Waals surface area (Å²) in [6.45, 7) is 5.00. The van der Waals surface area contributed by atoms with Crippen LogP contribution in [0, 0.1) is 5.92 Å². The highest BCUT2D eigenvalue weighted by atomic mass is 32.2. The first kappa shape index (κ1) is 13.6. The number of aromatic nitrogens is 1. The molecule has 1 aromatic heterocycles. The van der Waals surface area contributed by atoms with Gasteiger partial charge >= 0.3 is 0 Å². The van der Waals surface area contributed by atoms with Gasteiger partial charge in [0.25, 0.3) is 0 Å². The van der Waals surface area contributed by atoms with Crippen LogP contribution in [0.5, 0.6) is 0 Å². The smallest absolute Gasteiger partial charge is 0.244 e. The van der Waals surface area contributed by atoms with E-state index in [-0.39, 0.29) is 6.04 Å². The minimum atomic E-state index is -3.38. The van der Waals surface area contributed by atoms with Gasteiger partial charge in [-0.3, -0.25) is 0 Å². The first-order valence-corrected chi connectivity index (χ1v) is 7.67. The van der Waals surface area contributed by atoms with Crippen LogP contribution in [0.4, 0.5) is 0 Å². The van der Waals surface area contributed by atoms with Crippen molar-refractivity contribution in [1.29, 1.82) is 0 Å². The van der Waals surface area contributed by atoms with Crippen LogP contribution in [-0.4, -0.2) is 29.9 Å². The lowest BCUT2D eigenvalue weighted by Gasteiger charge is -2.20. The van der Waals surface area contributed by atoms with Gasteiger partial charge in [-0.15, -0.1) is 0 Å². The molecule has 0 saturated carbocycles. The molecule has 6 heteroatoms. The molecule has 102 valence electrons. The highest BCUT2D eigenvalue weighted by molar-refractivity contribution is 7.89. The third kappa shape index (κ3) is 2.20. The molecule has 1 aliphatic rings. The number of aryl methyl sites for hydroxylation is 1. The van der Waals surface area contributed by atoms with Gasteiger partial charge in [-0.25, -0.2) is 8.42 Å². The lowest BCUT2D eigenvalue weighted by atomic mass is 10.1. The van der Waals surface area contributed by atoms with Crippen LogP contribution in [-0.2, 0) is 23.6 Å². The Kier molecular flexibility index (Phi) is 3.53. The molecule has 1 aliphatic heterocycles. The Morgan fingerprint density at radius 3 is 2.56 bits per heavy atom. The Hall–Kier alpha value is -0.850. The zero-order chi connectivity index (χ0) is 13.5. The number of nitrogens with two attached hydrogens (primary N) is 1. The molecular formula is C12H21N3O2S. The monoisotopic (exact) mass is 271 g/mol. The zero-order valence-electron chi connectivity index (χ0n) is 11.1. The van der Waals surface area contributed by atoms with Gasteiger partial charge < -0.3 is 10.3 Å². The van der Waals surface area contributed by atoms with Crippen LogP contribution < -0.4 is 5.73 Å². The number of sulfonamides is 1. The Balaban J connectivity index is 2.36. The lowest BCUT2D eigenvalue weighted by Crippen LogP contribution is -2.33. The summed E-state index contributed by atoms with van der Waals surface area (Å²) in [6, 6.07) is 1.75. The average molecular weight is 271 g/mol. The van der Waals surface area contributed by atoms with Crippen LogP contribution in [0.2, 0.25) is 0 Å². The summed E-state index contributed by atoms with van der Waals surface area (Å²) in [6.07, 6.45) is 2.57. The highest BCUT2D eigenvalue weighted by Crippen LogP contribution is 2.29. The van der Waals surface area contributed by atoms with Gasteiger partial charge in [0.1, 0.15) is 4.90 Å². The van der Waals surface area contributed by atoms with Crippen molar-refractivity contribution in [3.05, 3.63) is 18.0 Å². The normalized spacial score (nSPS) is 25.8. The van der Waals surface area contributed by atoms with E-state index in [1.54, 1.807) is 21.1 Å². The quantitative estimate of drug-likeness (QED) is 0.888. The molecule has 2 rings (SSSR count). The van der Waals surface area contributed by atoms with E-state index in [1.807, 2.05) is 14.0 Å². The molecule has 1 saturated heterocycles. The van der Waals surface area contributed by atoms with Gasteiger partial charge in [-0.1, -0.05) is 6.92 Å². The van der Waals surface area contributed by atoms with E-state index in [0.29, 0.717) is 23.9 Å². The van der Waals surface area contributed by atoms with E-state index in [4.69, 9.17) is 5.73 Å². The van der Waals surface area contributed by atoms with E-state index in [1.165, 1.54) is 0 Å². The lowest BCUT2D eigenvalue weighted by molar-refractivity contribution is 0.405. The SMILES string of the molecule is CC1CC(C)N(S(=O)(=O)c2cc(CN)n(C)c2)C1. The predicted octanol–water partition coefficient (Wildman–Crippen LogP) is 0.903. The van der Waals surface area contributed by atoms with E-state index in [9.17, 15) is 8.42 Å². The van der Waals surface area contributed by atoms with Crippen molar-refractivity contribution in [2.75, 3.05) is 6.54 Å². The van der Waals surface area contributed by atoms with Crippen molar-refractivity contribution < 1.29 is 8.42 Å². The third-order valence-electron chi connectivity index (χ3n) is 3.63. The summed E-state index contributed by atoms with van der Waals surface area (Å²) in [4.78, 5) is 0.353. The molecule has 2 heterocycles. The fourth-order valence-corrected chi connectivity index (χ4v) is 4.51. The summed E-state index contributed by atoms with van der Waals surface area (Å²) >= 11 is 0. The number of hydrogen-bond donors (Lipinski definition) is 1. The summed E-state index contributed by atoms with van der Waals surface area (Å²) < 4.78 is 28.5. The van der Waals surface area contributed by atoms with Gasteiger partial charge in [-0.05, 0) is 25.3 Å². The maximum Gasteiger partial charge on any atom is 0.244 e. The summed E-state index contributed by atoms with van der Waals surface area (Å²) in [5.74, 6) is 0.424. The summed E-state index contributed by atoms with van der Waals surface area (Å²) in [5, 5.41) is 0. The fourth-order valence-electron chi connectivity index (χ4n) is 2.65. The van der Waals surface area contributed by atoms with Crippen molar-refractivity contribution in [2.24, 2.45) is 18.7 Å². The number of nitrogens with zero attached hydrogens (tertiary/aromatic N) is 2. The van der Waals surface area contributed by atoms with Crippen molar-refractivity contribution in [3.63, 3.8) is 0 Å². The van der Waals surface area contributed by atoms with Crippen LogP contribution in [0.3, 0.4) is 0 Å². The van der Waals surface area contributed by atoms with Crippen LogP contribution in [0.15, 0.2) is 17.2 Å². The van der Waals surface area contributed by atoms with Crippen molar-refractivity contribution in [3.8, 4) is 0 Å². The second kappa shape index (κ2) is 4.68. The Morgan fingerprint density at radius 2 is 2.11 bits per heavy atom. The van der Waals surface area contributed by atoms with Crippen LogP contribution in [0.1, 0.15) is 26.0 Å². The maximum absolute atomic E-state index is 12.5. The van der Waals surface area contributed by atoms with Crippen molar-refractivity contribution in [1.82, 2.24) is 8.87 Å².